The van der Waals surface area contributed by atoms with E-state index in [4.69, 9.17) is 0 Å². The average molecular weight is 325 g/mol. The predicted molar refractivity (Wildman–Crippen MR) is 59.5 cm³/mol. The first-order chi connectivity index (χ1) is 8.40. The number of nitro groups is 1. The lowest BCUT2D eigenvalue weighted by Gasteiger charge is -2.09. The third-order valence-electron chi connectivity index (χ3n) is 1.91. The standard InChI is InChI=1S/C9H7BrF2N2O4/c1-2-18-9(15)5-6(10)4(14(16)17)3-13-7(5)8(11)12/h3,8H,2H2,1H3. The molecule has 1 heterocycles. The van der Waals surface area contributed by atoms with Crippen molar-refractivity contribution in [1.82, 2.24) is 4.98 Å². The van der Waals surface area contributed by atoms with Crippen molar-refractivity contribution in [3.05, 3.63) is 32.0 Å². The molecular formula is C9H7BrF2N2O4. The molecule has 98 valence electrons. The maximum absolute atomic E-state index is 12.7. The Morgan fingerprint density at radius 3 is 2.72 bits per heavy atom. The van der Waals surface area contributed by atoms with Gasteiger partial charge in [-0.3, -0.25) is 10.1 Å². The van der Waals surface area contributed by atoms with Crippen LogP contribution in [-0.4, -0.2) is 22.5 Å². The summed E-state index contributed by atoms with van der Waals surface area (Å²) in [6, 6.07) is 0. The van der Waals surface area contributed by atoms with Crippen molar-refractivity contribution < 1.29 is 23.2 Å². The van der Waals surface area contributed by atoms with Crippen molar-refractivity contribution in [1.29, 1.82) is 0 Å². The molecule has 0 aromatic carbocycles. The second-order valence-electron chi connectivity index (χ2n) is 3.00. The number of alkyl halides is 2. The second kappa shape index (κ2) is 5.80. The molecule has 1 aromatic rings. The molecule has 1 rings (SSSR count). The zero-order chi connectivity index (χ0) is 13.9. The van der Waals surface area contributed by atoms with E-state index in [1.807, 2.05) is 0 Å². The summed E-state index contributed by atoms with van der Waals surface area (Å²) in [4.78, 5) is 24.6. The van der Waals surface area contributed by atoms with Gasteiger partial charge in [-0.05, 0) is 22.9 Å². The molecule has 9 heteroatoms. The van der Waals surface area contributed by atoms with E-state index < -0.39 is 34.3 Å². The minimum absolute atomic E-state index is 0.0450. The van der Waals surface area contributed by atoms with Crippen LogP contribution in [-0.2, 0) is 4.74 Å². The van der Waals surface area contributed by atoms with Crippen molar-refractivity contribution >= 4 is 27.6 Å². The molecule has 0 unspecified atom stereocenters. The maximum atomic E-state index is 12.7. The molecule has 0 N–H and O–H groups in total. The smallest absolute Gasteiger partial charge is 0.341 e. The van der Waals surface area contributed by atoms with Gasteiger partial charge < -0.3 is 4.74 Å². The highest BCUT2D eigenvalue weighted by Gasteiger charge is 2.29. The number of ether oxygens (including phenoxy) is 1. The van der Waals surface area contributed by atoms with E-state index in [-0.39, 0.29) is 11.1 Å². The number of hydrogen-bond acceptors (Lipinski definition) is 5. The largest absolute Gasteiger partial charge is 0.462 e. The molecule has 18 heavy (non-hydrogen) atoms. The number of aromatic nitrogens is 1. The molecule has 6 nitrogen and oxygen atoms in total. The summed E-state index contributed by atoms with van der Waals surface area (Å²) in [5.41, 5.74) is -2.06. The average Bonchev–Trinajstić information content (AvgIpc) is 2.27. The van der Waals surface area contributed by atoms with Crippen LogP contribution < -0.4 is 0 Å². The number of pyridine rings is 1. The summed E-state index contributed by atoms with van der Waals surface area (Å²) in [5.74, 6) is -1.09. The zero-order valence-electron chi connectivity index (χ0n) is 9.02. The van der Waals surface area contributed by atoms with E-state index in [0.29, 0.717) is 6.20 Å². The number of nitrogens with zero attached hydrogens (tertiary/aromatic N) is 2. The molecule has 0 aliphatic rings. The molecule has 1 aromatic heterocycles. The molecule has 0 atom stereocenters. The molecule has 0 radical (unpaired) electrons. The van der Waals surface area contributed by atoms with Gasteiger partial charge in [0.25, 0.3) is 6.43 Å². The number of carbonyl (C=O) groups excluding carboxylic acids is 1. The van der Waals surface area contributed by atoms with Gasteiger partial charge >= 0.3 is 11.7 Å². The first-order valence-electron chi connectivity index (χ1n) is 4.68. The van der Waals surface area contributed by atoms with Crippen LogP contribution in [0.25, 0.3) is 0 Å². The minimum Gasteiger partial charge on any atom is -0.462 e. The van der Waals surface area contributed by atoms with E-state index in [1.165, 1.54) is 6.92 Å². The first-order valence-corrected chi connectivity index (χ1v) is 5.47. The SMILES string of the molecule is CCOC(=O)c1c(C(F)F)ncc([N+](=O)[O-])c1Br. The minimum atomic E-state index is -3.04. The highest BCUT2D eigenvalue weighted by Crippen LogP contribution is 2.33. The maximum Gasteiger partial charge on any atom is 0.341 e. The van der Waals surface area contributed by atoms with Gasteiger partial charge in [0.2, 0.25) is 0 Å². The lowest BCUT2D eigenvalue weighted by Crippen LogP contribution is -2.12. The fourth-order valence-corrected chi connectivity index (χ4v) is 1.79. The van der Waals surface area contributed by atoms with Crippen molar-refractivity contribution in [3.8, 4) is 0 Å². The third kappa shape index (κ3) is 2.78. The number of halogens is 3. The molecule has 0 aliphatic carbocycles. The van der Waals surface area contributed by atoms with Crippen molar-refractivity contribution in [2.45, 2.75) is 13.3 Å². The highest BCUT2D eigenvalue weighted by molar-refractivity contribution is 9.10. The quantitative estimate of drug-likeness (QED) is 0.483. The number of rotatable bonds is 4. The van der Waals surface area contributed by atoms with Gasteiger partial charge in [-0.25, -0.2) is 18.6 Å². The summed E-state index contributed by atoms with van der Waals surface area (Å²) >= 11 is 2.76. The van der Waals surface area contributed by atoms with E-state index in [1.54, 1.807) is 0 Å². The molecule has 0 spiro atoms. The van der Waals surface area contributed by atoms with Gasteiger partial charge in [0.1, 0.15) is 21.9 Å². The van der Waals surface area contributed by atoms with Crippen LogP contribution in [0.4, 0.5) is 14.5 Å². The molecule has 0 aliphatic heterocycles. The highest BCUT2D eigenvalue weighted by atomic mass is 79.9. The Bertz CT molecular complexity index is 496. The van der Waals surface area contributed by atoms with Crippen LogP contribution in [0.2, 0.25) is 0 Å². The monoisotopic (exact) mass is 324 g/mol. The summed E-state index contributed by atoms with van der Waals surface area (Å²) in [6.07, 6.45) is -2.38. The lowest BCUT2D eigenvalue weighted by atomic mass is 10.2. The topological polar surface area (TPSA) is 82.3 Å². The fraction of sp³-hybridized carbons (Fsp3) is 0.333. The van der Waals surface area contributed by atoms with Crippen LogP contribution in [0.3, 0.4) is 0 Å². The Morgan fingerprint density at radius 2 is 2.28 bits per heavy atom. The molecule has 0 fully saturated rings. The van der Waals surface area contributed by atoms with Crippen LogP contribution in [0.5, 0.6) is 0 Å². The predicted octanol–water partition coefficient (Wildman–Crippen LogP) is 2.87. The van der Waals surface area contributed by atoms with Crippen molar-refractivity contribution in [2.75, 3.05) is 6.61 Å². The normalized spacial score (nSPS) is 10.5. The Morgan fingerprint density at radius 1 is 1.67 bits per heavy atom. The van der Waals surface area contributed by atoms with Gasteiger partial charge in [-0.15, -0.1) is 0 Å². The van der Waals surface area contributed by atoms with Crippen molar-refractivity contribution in [2.24, 2.45) is 0 Å². The van der Waals surface area contributed by atoms with Crippen LogP contribution in [0.1, 0.15) is 29.4 Å². The van der Waals surface area contributed by atoms with Gasteiger partial charge in [0, 0.05) is 0 Å². The van der Waals surface area contributed by atoms with Gasteiger partial charge in [-0.1, -0.05) is 0 Å². The van der Waals surface area contributed by atoms with Crippen LogP contribution >= 0.6 is 15.9 Å². The van der Waals surface area contributed by atoms with E-state index >= 15 is 0 Å². The molecule has 0 bridgehead atoms. The zero-order valence-corrected chi connectivity index (χ0v) is 10.6. The van der Waals surface area contributed by atoms with E-state index in [0.717, 1.165) is 0 Å². The number of esters is 1. The molecule has 0 saturated heterocycles. The second-order valence-corrected chi connectivity index (χ2v) is 3.79. The number of hydrogen-bond donors (Lipinski definition) is 0. The lowest BCUT2D eigenvalue weighted by molar-refractivity contribution is -0.386. The van der Waals surface area contributed by atoms with Crippen LogP contribution in [0.15, 0.2) is 10.7 Å². The van der Waals surface area contributed by atoms with Crippen molar-refractivity contribution in [3.63, 3.8) is 0 Å². The van der Waals surface area contributed by atoms with E-state index in [2.05, 4.69) is 25.7 Å². The Labute approximate surface area is 108 Å². The van der Waals surface area contributed by atoms with Gasteiger partial charge in [0.15, 0.2) is 0 Å². The van der Waals surface area contributed by atoms with Crippen LogP contribution in [0, 0.1) is 10.1 Å². The summed E-state index contributed by atoms with van der Waals surface area (Å²) < 4.78 is 29.6. The van der Waals surface area contributed by atoms with Gasteiger partial charge in [-0.2, -0.15) is 0 Å². The Hall–Kier alpha value is -1.64. The summed E-state index contributed by atoms with van der Waals surface area (Å²) in [5, 5.41) is 10.6. The summed E-state index contributed by atoms with van der Waals surface area (Å²) in [7, 11) is 0. The molecule has 0 saturated carbocycles. The first kappa shape index (κ1) is 14.4. The number of carbonyl (C=O) groups is 1. The molecule has 0 amide bonds. The Balaban J connectivity index is 3.45. The third-order valence-corrected chi connectivity index (χ3v) is 2.71. The van der Waals surface area contributed by atoms with Gasteiger partial charge in [0.05, 0.1) is 11.5 Å². The summed E-state index contributed by atoms with van der Waals surface area (Å²) in [6.45, 7) is 1.44. The fourth-order valence-electron chi connectivity index (χ4n) is 1.18. The Kier molecular flexibility index (Phi) is 4.65. The van der Waals surface area contributed by atoms with E-state index in [9.17, 15) is 23.7 Å². The molecular weight excluding hydrogens is 318 g/mol.